The zero-order valence-corrected chi connectivity index (χ0v) is 16.9. The Bertz CT molecular complexity index is 1370. The third-order valence-corrected chi connectivity index (χ3v) is 5.56. The first-order valence-corrected chi connectivity index (χ1v) is 10.2. The Morgan fingerprint density at radius 1 is 0.767 bits per heavy atom. The van der Waals surface area contributed by atoms with Gasteiger partial charge in [-0.15, -0.1) is 0 Å². The summed E-state index contributed by atoms with van der Waals surface area (Å²) >= 11 is 5.94. The van der Waals surface area contributed by atoms with Crippen molar-refractivity contribution in [3.63, 3.8) is 0 Å². The first kappa shape index (κ1) is 18.5. The van der Waals surface area contributed by atoms with Crippen molar-refractivity contribution in [2.24, 2.45) is 0 Å². The average molecular weight is 411 g/mol. The van der Waals surface area contributed by atoms with Crippen molar-refractivity contribution >= 4 is 45.0 Å². The van der Waals surface area contributed by atoms with Gasteiger partial charge in [0.2, 0.25) is 5.91 Å². The molecule has 0 unspecified atom stereocenters. The predicted octanol–water partition coefficient (Wildman–Crippen LogP) is 6.82. The molecule has 0 bridgehead atoms. The van der Waals surface area contributed by atoms with Crippen LogP contribution in [0.25, 0.3) is 32.9 Å². The summed E-state index contributed by atoms with van der Waals surface area (Å²) in [6.45, 7) is 0. The van der Waals surface area contributed by atoms with Crippen molar-refractivity contribution in [1.82, 2.24) is 4.98 Å². The van der Waals surface area contributed by atoms with Crippen LogP contribution in [0.2, 0.25) is 5.02 Å². The number of nitrogens with one attached hydrogen (secondary N) is 2. The van der Waals surface area contributed by atoms with Crippen molar-refractivity contribution in [2.75, 3.05) is 5.32 Å². The number of halogens is 1. The normalized spacial score (nSPS) is 11.1. The molecule has 4 heteroatoms. The number of H-pyrrole nitrogens is 1. The second-order valence-corrected chi connectivity index (χ2v) is 7.73. The molecular formula is C26H19ClN2O. The van der Waals surface area contributed by atoms with E-state index in [1.807, 2.05) is 48.5 Å². The summed E-state index contributed by atoms with van der Waals surface area (Å²) in [5.41, 5.74) is 5.93. The summed E-state index contributed by atoms with van der Waals surface area (Å²) in [6.07, 6.45) is 0.294. The van der Waals surface area contributed by atoms with E-state index < -0.39 is 0 Å². The van der Waals surface area contributed by atoms with Gasteiger partial charge in [0, 0.05) is 38.1 Å². The van der Waals surface area contributed by atoms with Crippen LogP contribution in [0.1, 0.15) is 5.56 Å². The molecule has 0 radical (unpaired) electrons. The largest absolute Gasteiger partial charge is 0.354 e. The summed E-state index contributed by atoms with van der Waals surface area (Å²) in [6, 6.07) is 29.8. The molecule has 4 aromatic carbocycles. The van der Waals surface area contributed by atoms with E-state index in [9.17, 15) is 4.79 Å². The van der Waals surface area contributed by atoms with E-state index in [-0.39, 0.29) is 5.91 Å². The van der Waals surface area contributed by atoms with E-state index in [1.54, 1.807) is 12.1 Å². The molecule has 0 fully saturated rings. The van der Waals surface area contributed by atoms with Crippen LogP contribution in [0.5, 0.6) is 0 Å². The van der Waals surface area contributed by atoms with Gasteiger partial charge < -0.3 is 10.3 Å². The van der Waals surface area contributed by atoms with Crippen LogP contribution in [-0.2, 0) is 11.2 Å². The second-order valence-electron chi connectivity index (χ2n) is 7.30. The van der Waals surface area contributed by atoms with E-state index in [0.717, 1.165) is 33.4 Å². The highest BCUT2D eigenvalue weighted by molar-refractivity contribution is 6.30. The van der Waals surface area contributed by atoms with Crippen LogP contribution in [0.15, 0.2) is 91.0 Å². The first-order valence-electron chi connectivity index (χ1n) is 9.82. The zero-order chi connectivity index (χ0) is 20.5. The molecule has 1 aromatic heterocycles. The Morgan fingerprint density at radius 2 is 1.47 bits per heavy atom. The Labute approximate surface area is 179 Å². The molecule has 0 aliphatic heterocycles. The van der Waals surface area contributed by atoms with Gasteiger partial charge in [-0.05, 0) is 29.8 Å². The van der Waals surface area contributed by atoms with Gasteiger partial charge in [0.15, 0.2) is 0 Å². The highest BCUT2D eigenvalue weighted by Gasteiger charge is 2.13. The number of para-hydroxylation sites is 3. The lowest BCUT2D eigenvalue weighted by molar-refractivity contribution is -0.115. The zero-order valence-electron chi connectivity index (χ0n) is 16.2. The Morgan fingerprint density at radius 3 is 2.33 bits per heavy atom. The first-order chi connectivity index (χ1) is 14.7. The van der Waals surface area contributed by atoms with Crippen molar-refractivity contribution in [2.45, 2.75) is 6.42 Å². The fraction of sp³-hybridized carbons (Fsp3) is 0.0385. The molecule has 5 aromatic rings. The number of aromatic nitrogens is 1. The number of rotatable bonds is 4. The highest BCUT2D eigenvalue weighted by Crippen LogP contribution is 2.36. The summed E-state index contributed by atoms with van der Waals surface area (Å²) in [5, 5.41) is 6.11. The molecule has 2 N–H and O–H groups in total. The van der Waals surface area contributed by atoms with Crippen LogP contribution in [0.3, 0.4) is 0 Å². The monoisotopic (exact) mass is 410 g/mol. The molecule has 0 spiro atoms. The van der Waals surface area contributed by atoms with E-state index in [2.05, 4.69) is 40.6 Å². The molecule has 0 aliphatic rings. The molecule has 3 nitrogen and oxygen atoms in total. The number of aromatic amines is 1. The lowest BCUT2D eigenvalue weighted by Crippen LogP contribution is -2.15. The Balaban J connectivity index is 1.52. The number of fused-ring (bicyclic) bond motifs is 3. The Kier molecular flexibility index (Phi) is 4.74. The van der Waals surface area contributed by atoms with E-state index in [4.69, 9.17) is 11.6 Å². The van der Waals surface area contributed by atoms with Gasteiger partial charge in [-0.25, -0.2) is 0 Å². The fourth-order valence-electron chi connectivity index (χ4n) is 3.91. The molecule has 0 saturated carbocycles. The minimum atomic E-state index is -0.0615. The SMILES string of the molecule is O=C(Cc1ccc(Cl)cc1)Nc1ccccc1-c1cccc2c1[nH]c1ccccc12. The topological polar surface area (TPSA) is 44.9 Å². The number of hydrogen-bond donors (Lipinski definition) is 2. The lowest BCUT2D eigenvalue weighted by atomic mass is 10.00. The fourth-order valence-corrected chi connectivity index (χ4v) is 4.03. The summed E-state index contributed by atoms with van der Waals surface area (Å²) in [4.78, 5) is 16.2. The number of benzene rings is 4. The molecule has 30 heavy (non-hydrogen) atoms. The van der Waals surface area contributed by atoms with Crippen LogP contribution < -0.4 is 5.32 Å². The predicted molar refractivity (Wildman–Crippen MR) is 125 cm³/mol. The van der Waals surface area contributed by atoms with E-state index in [1.165, 1.54) is 10.8 Å². The van der Waals surface area contributed by atoms with E-state index >= 15 is 0 Å². The minimum absolute atomic E-state index is 0.0615. The molecule has 146 valence electrons. The molecule has 1 amide bonds. The van der Waals surface area contributed by atoms with Gasteiger partial charge in [0.25, 0.3) is 0 Å². The summed E-state index contributed by atoms with van der Waals surface area (Å²) < 4.78 is 0. The lowest BCUT2D eigenvalue weighted by Gasteiger charge is -2.12. The number of anilines is 1. The third kappa shape index (κ3) is 3.44. The van der Waals surface area contributed by atoms with Gasteiger partial charge >= 0.3 is 0 Å². The number of carbonyl (C=O) groups is 1. The maximum Gasteiger partial charge on any atom is 0.228 e. The van der Waals surface area contributed by atoms with Crippen molar-refractivity contribution < 1.29 is 4.79 Å². The standard InChI is InChI=1S/C26H19ClN2O/c27-18-14-12-17(13-15-18)16-25(30)28-23-10-3-1-6-19(23)21-8-5-9-22-20-7-2-4-11-24(20)29-26(21)22/h1-15,29H,16H2,(H,28,30). The molecule has 1 heterocycles. The summed E-state index contributed by atoms with van der Waals surface area (Å²) in [5.74, 6) is -0.0615. The average Bonchev–Trinajstić information content (AvgIpc) is 3.15. The number of amides is 1. The third-order valence-electron chi connectivity index (χ3n) is 5.31. The van der Waals surface area contributed by atoms with Gasteiger partial charge in [-0.2, -0.15) is 0 Å². The Hall–Kier alpha value is -3.56. The van der Waals surface area contributed by atoms with Crippen LogP contribution in [0.4, 0.5) is 5.69 Å². The van der Waals surface area contributed by atoms with Crippen molar-refractivity contribution in [1.29, 1.82) is 0 Å². The molecule has 0 aliphatic carbocycles. The van der Waals surface area contributed by atoms with Gasteiger partial charge in [0.1, 0.15) is 0 Å². The van der Waals surface area contributed by atoms with Gasteiger partial charge in [-0.3, -0.25) is 4.79 Å². The van der Waals surface area contributed by atoms with Crippen molar-refractivity contribution in [3.05, 3.63) is 102 Å². The van der Waals surface area contributed by atoms with E-state index in [0.29, 0.717) is 11.4 Å². The quantitative estimate of drug-likeness (QED) is 0.335. The van der Waals surface area contributed by atoms with Gasteiger partial charge in [-0.1, -0.05) is 78.3 Å². The number of hydrogen-bond acceptors (Lipinski definition) is 1. The number of carbonyl (C=O) groups excluding carboxylic acids is 1. The van der Waals surface area contributed by atoms with Gasteiger partial charge in [0.05, 0.1) is 11.9 Å². The minimum Gasteiger partial charge on any atom is -0.354 e. The van der Waals surface area contributed by atoms with Crippen molar-refractivity contribution in [3.8, 4) is 11.1 Å². The molecule has 5 rings (SSSR count). The maximum absolute atomic E-state index is 12.7. The smallest absolute Gasteiger partial charge is 0.228 e. The van der Waals surface area contributed by atoms with Crippen LogP contribution >= 0.6 is 11.6 Å². The molecule has 0 saturated heterocycles. The van der Waals surface area contributed by atoms with Crippen LogP contribution in [0, 0.1) is 0 Å². The van der Waals surface area contributed by atoms with Crippen LogP contribution in [-0.4, -0.2) is 10.9 Å². The molecule has 0 atom stereocenters. The maximum atomic E-state index is 12.7. The summed E-state index contributed by atoms with van der Waals surface area (Å²) in [7, 11) is 0. The highest BCUT2D eigenvalue weighted by atomic mass is 35.5. The molecular weight excluding hydrogens is 392 g/mol. The second kappa shape index (κ2) is 7.69.